The lowest BCUT2D eigenvalue weighted by atomic mass is 9.96. The Morgan fingerprint density at radius 1 is 1.11 bits per heavy atom. The molecule has 0 saturated carbocycles. The number of carbonyl (C=O) groups is 2. The van der Waals surface area contributed by atoms with Crippen LogP contribution in [0.15, 0.2) is 18.2 Å². The SMILES string of the molecule is CCCCCC(C)(OC)C(=O)Nc1ccc(OCCC)c(C(=O)OCC)c1. The fourth-order valence-electron chi connectivity index (χ4n) is 2.60. The van der Waals surface area contributed by atoms with Gasteiger partial charge in [-0.1, -0.05) is 33.1 Å². The van der Waals surface area contributed by atoms with Crippen molar-refractivity contribution in [2.75, 3.05) is 25.6 Å². The highest BCUT2D eigenvalue weighted by molar-refractivity contribution is 5.99. The number of amides is 1. The summed E-state index contributed by atoms with van der Waals surface area (Å²) in [7, 11) is 1.54. The molecular weight excluding hydrogens is 346 g/mol. The molecule has 1 N–H and O–H groups in total. The molecular formula is C21H33NO5. The Morgan fingerprint density at radius 2 is 1.85 bits per heavy atom. The quantitative estimate of drug-likeness (QED) is 0.425. The van der Waals surface area contributed by atoms with Crippen LogP contribution in [-0.2, 0) is 14.3 Å². The van der Waals surface area contributed by atoms with Crippen molar-refractivity contribution in [1.82, 2.24) is 0 Å². The van der Waals surface area contributed by atoms with Gasteiger partial charge in [-0.25, -0.2) is 4.79 Å². The molecule has 0 aromatic heterocycles. The van der Waals surface area contributed by atoms with E-state index in [9.17, 15) is 9.59 Å². The third kappa shape index (κ3) is 6.86. The number of hydrogen-bond donors (Lipinski definition) is 1. The summed E-state index contributed by atoms with van der Waals surface area (Å²) >= 11 is 0. The summed E-state index contributed by atoms with van der Waals surface area (Å²) in [6, 6.07) is 4.98. The first-order valence-electron chi connectivity index (χ1n) is 9.72. The first-order chi connectivity index (χ1) is 12.9. The third-order valence-electron chi connectivity index (χ3n) is 4.38. The minimum Gasteiger partial charge on any atom is -0.493 e. The van der Waals surface area contributed by atoms with E-state index in [4.69, 9.17) is 14.2 Å². The summed E-state index contributed by atoms with van der Waals surface area (Å²) in [5, 5.41) is 2.85. The summed E-state index contributed by atoms with van der Waals surface area (Å²) in [6.07, 6.45) is 4.48. The maximum atomic E-state index is 12.7. The van der Waals surface area contributed by atoms with Gasteiger partial charge in [0.2, 0.25) is 0 Å². The molecule has 1 aromatic carbocycles. The Hall–Kier alpha value is -2.08. The van der Waals surface area contributed by atoms with Gasteiger partial charge in [-0.15, -0.1) is 0 Å². The number of methoxy groups -OCH3 is 1. The van der Waals surface area contributed by atoms with Crippen LogP contribution in [0.4, 0.5) is 5.69 Å². The highest BCUT2D eigenvalue weighted by Crippen LogP contribution is 2.26. The number of rotatable bonds is 12. The summed E-state index contributed by atoms with van der Waals surface area (Å²) in [6.45, 7) is 8.39. The topological polar surface area (TPSA) is 73.9 Å². The zero-order chi connectivity index (χ0) is 20.3. The number of anilines is 1. The number of ether oxygens (including phenoxy) is 3. The Kier molecular flexibility index (Phi) is 9.86. The van der Waals surface area contributed by atoms with Crippen molar-refractivity contribution in [2.24, 2.45) is 0 Å². The smallest absolute Gasteiger partial charge is 0.341 e. The van der Waals surface area contributed by atoms with Gasteiger partial charge >= 0.3 is 5.97 Å². The van der Waals surface area contributed by atoms with E-state index in [0.717, 1.165) is 25.7 Å². The molecule has 0 radical (unpaired) electrons. The van der Waals surface area contributed by atoms with Crippen LogP contribution in [0.2, 0.25) is 0 Å². The monoisotopic (exact) mass is 379 g/mol. The lowest BCUT2D eigenvalue weighted by molar-refractivity contribution is -0.136. The summed E-state index contributed by atoms with van der Waals surface area (Å²) in [5.74, 6) is -0.263. The van der Waals surface area contributed by atoms with E-state index in [1.807, 2.05) is 6.92 Å². The second-order valence-electron chi connectivity index (χ2n) is 6.63. The van der Waals surface area contributed by atoms with Crippen molar-refractivity contribution in [3.8, 4) is 5.75 Å². The Labute approximate surface area is 162 Å². The molecule has 1 amide bonds. The predicted molar refractivity (Wildman–Crippen MR) is 106 cm³/mol. The molecule has 0 aliphatic heterocycles. The fraction of sp³-hybridized carbons (Fsp3) is 0.619. The Morgan fingerprint density at radius 3 is 2.44 bits per heavy atom. The van der Waals surface area contributed by atoms with Crippen molar-refractivity contribution >= 4 is 17.6 Å². The van der Waals surface area contributed by atoms with E-state index in [1.54, 1.807) is 32.0 Å². The number of carbonyl (C=O) groups excluding carboxylic acids is 2. The van der Waals surface area contributed by atoms with Gasteiger partial charge in [-0.3, -0.25) is 4.79 Å². The van der Waals surface area contributed by atoms with Gasteiger partial charge in [0.25, 0.3) is 5.91 Å². The van der Waals surface area contributed by atoms with Crippen molar-refractivity contribution in [3.63, 3.8) is 0 Å². The van der Waals surface area contributed by atoms with Crippen LogP contribution < -0.4 is 10.1 Å². The van der Waals surface area contributed by atoms with E-state index in [0.29, 0.717) is 30.0 Å². The molecule has 1 rings (SSSR count). The maximum Gasteiger partial charge on any atom is 0.341 e. The Bertz CT molecular complexity index is 617. The van der Waals surface area contributed by atoms with Crippen molar-refractivity contribution in [2.45, 2.75) is 65.4 Å². The van der Waals surface area contributed by atoms with Gasteiger partial charge in [0.1, 0.15) is 16.9 Å². The molecule has 1 atom stereocenters. The molecule has 0 aliphatic carbocycles. The molecule has 0 saturated heterocycles. The zero-order valence-electron chi connectivity index (χ0n) is 17.2. The molecule has 1 unspecified atom stereocenters. The van der Waals surface area contributed by atoms with E-state index < -0.39 is 11.6 Å². The van der Waals surface area contributed by atoms with Crippen molar-refractivity contribution < 1.29 is 23.8 Å². The number of benzene rings is 1. The molecule has 27 heavy (non-hydrogen) atoms. The molecule has 0 bridgehead atoms. The van der Waals surface area contributed by atoms with Crippen molar-refractivity contribution in [3.05, 3.63) is 23.8 Å². The second-order valence-corrected chi connectivity index (χ2v) is 6.63. The molecule has 1 aromatic rings. The summed E-state index contributed by atoms with van der Waals surface area (Å²) in [4.78, 5) is 25.0. The van der Waals surface area contributed by atoms with E-state index in [-0.39, 0.29) is 12.5 Å². The van der Waals surface area contributed by atoms with Gasteiger partial charge in [0.15, 0.2) is 0 Å². The van der Waals surface area contributed by atoms with Crippen molar-refractivity contribution in [1.29, 1.82) is 0 Å². The largest absolute Gasteiger partial charge is 0.493 e. The molecule has 0 heterocycles. The van der Waals surface area contributed by atoms with Crippen LogP contribution in [0, 0.1) is 0 Å². The van der Waals surface area contributed by atoms with Gasteiger partial charge in [-0.05, 0) is 44.9 Å². The van der Waals surface area contributed by atoms with Gasteiger partial charge in [0.05, 0.1) is 13.2 Å². The molecule has 6 nitrogen and oxygen atoms in total. The fourth-order valence-corrected chi connectivity index (χ4v) is 2.60. The Balaban J connectivity index is 2.99. The maximum absolute atomic E-state index is 12.7. The van der Waals surface area contributed by atoms with Gasteiger partial charge in [-0.2, -0.15) is 0 Å². The van der Waals surface area contributed by atoms with Gasteiger partial charge in [0, 0.05) is 12.8 Å². The normalized spacial score (nSPS) is 12.9. The molecule has 152 valence electrons. The summed E-state index contributed by atoms with van der Waals surface area (Å²) in [5.41, 5.74) is -0.115. The average Bonchev–Trinajstić information content (AvgIpc) is 2.67. The number of hydrogen-bond acceptors (Lipinski definition) is 5. The highest BCUT2D eigenvalue weighted by Gasteiger charge is 2.32. The first-order valence-corrected chi connectivity index (χ1v) is 9.72. The minimum absolute atomic E-state index is 0.238. The van der Waals surface area contributed by atoms with Crippen LogP contribution in [-0.4, -0.2) is 37.8 Å². The van der Waals surface area contributed by atoms with Crippen LogP contribution in [0.3, 0.4) is 0 Å². The summed E-state index contributed by atoms with van der Waals surface area (Å²) < 4.78 is 16.2. The number of nitrogens with one attached hydrogen (secondary N) is 1. The van der Waals surface area contributed by atoms with Crippen LogP contribution in [0.1, 0.15) is 70.2 Å². The standard InChI is InChI=1S/C21H33NO5/c1-6-9-10-13-21(4,25-5)20(24)22-16-11-12-18(27-14-7-2)17(15-16)19(23)26-8-3/h11-12,15H,6-10,13-14H2,1-5H3,(H,22,24). The first kappa shape index (κ1) is 23.0. The molecule has 0 spiro atoms. The molecule has 0 aliphatic rings. The number of esters is 1. The minimum atomic E-state index is -0.920. The van der Waals surface area contributed by atoms with Crippen LogP contribution in [0.5, 0.6) is 5.75 Å². The lowest BCUT2D eigenvalue weighted by Gasteiger charge is -2.27. The van der Waals surface area contributed by atoms with Crippen LogP contribution >= 0.6 is 0 Å². The lowest BCUT2D eigenvalue weighted by Crippen LogP contribution is -2.42. The van der Waals surface area contributed by atoms with Crippen LogP contribution in [0.25, 0.3) is 0 Å². The zero-order valence-corrected chi connectivity index (χ0v) is 17.2. The number of unbranched alkanes of at least 4 members (excludes halogenated alkanes) is 2. The van der Waals surface area contributed by atoms with E-state index in [1.165, 1.54) is 7.11 Å². The van der Waals surface area contributed by atoms with E-state index >= 15 is 0 Å². The average molecular weight is 379 g/mol. The van der Waals surface area contributed by atoms with Gasteiger partial charge < -0.3 is 19.5 Å². The molecule has 0 fully saturated rings. The third-order valence-corrected chi connectivity index (χ3v) is 4.38. The predicted octanol–water partition coefficient (Wildman–Crippen LogP) is 4.58. The molecule has 6 heteroatoms. The second kappa shape index (κ2) is 11.6. The van der Waals surface area contributed by atoms with E-state index in [2.05, 4.69) is 12.2 Å². The highest BCUT2D eigenvalue weighted by atomic mass is 16.5.